The summed E-state index contributed by atoms with van der Waals surface area (Å²) in [5.74, 6) is 1.28. The summed E-state index contributed by atoms with van der Waals surface area (Å²) in [6, 6.07) is 12.8. The molecule has 0 spiro atoms. The van der Waals surface area contributed by atoms with E-state index < -0.39 is 0 Å². The second kappa shape index (κ2) is 7.87. The lowest BCUT2D eigenvalue weighted by atomic mass is 10.0. The van der Waals surface area contributed by atoms with E-state index in [2.05, 4.69) is 35.2 Å². The molecule has 2 aromatic rings. The molecular weight excluding hydrogens is 312 g/mol. The molecule has 0 bridgehead atoms. The van der Waals surface area contributed by atoms with Gasteiger partial charge in [0.2, 0.25) is 0 Å². The molecular formula is C21H28N2O2. The molecule has 1 fully saturated rings. The van der Waals surface area contributed by atoms with Crippen molar-refractivity contribution in [3.05, 3.63) is 59.0 Å². The smallest absolute Gasteiger partial charge is 0.289 e. The summed E-state index contributed by atoms with van der Waals surface area (Å²) in [6.07, 6.45) is 3.25. The Kier molecular flexibility index (Phi) is 5.59. The molecule has 134 valence electrons. The van der Waals surface area contributed by atoms with Crippen LogP contribution in [0, 0.1) is 13.8 Å². The van der Waals surface area contributed by atoms with Gasteiger partial charge in [0.05, 0.1) is 0 Å². The van der Waals surface area contributed by atoms with Crippen LogP contribution in [-0.2, 0) is 6.42 Å². The highest BCUT2D eigenvalue weighted by Crippen LogP contribution is 2.20. The van der Waals surface area contributed by atoms with E-state index in [1.807, 2.05) is 31.9 Å². The average Bonchev–Trinajstić information content (AvgIpc) is 2.98. The van der Waals surface area contributed by atoms with Gasteiger partial charge in [0.25, 0.3) is 5.91 Å². The third kappa shape index (κ3) is 4.31. The Balaban J connectivity index is 1.58. The average molecular weight is 340 g/mol. The van der Waals surface area contributed by atoms with E-state index in [1.54, 1.807) is 0 Å². The molecule has 1 aromatic carbocycles. The fraction of sp³-hybridized carbons (Fsp3) is 0.476. The van der Waals surface area contributed by atoms with Gasteiger partial charge in [-0.1, -0.05) is 30.3 Å². The van der Waals surface area contributed by atoms with Gasteiger partial charge in [-0.25, -0.2) is 0 Å². The second-order valence-electron chi connectivity index (χ2n) is 7.12. The molecule has 0 radical (unpaired) electrons. The minimum absolute atomic E-state index is 0.000472. The summed E-state index contributed by atoms with van der Waals surface area (Å²) >= 11 is 0. The van der Waals surface area contributed by atoms with Crippen molar-refractivity contribution < 1.29 is 9.21 Å². The summed E-state index contributed by atoms with van der Waals surface area (Å²) in [6.45, 7) is 6.92. The first-order chi connectivity index (χ1) is 12.0. The normalized spacial score (nSPS) is 18.3. The molecule has 1 amide bonds. The van der Waals surface area contributed by atoms with Crippen LogP contribution in [0.25, 0.3) is 0 Å². The molecule has 0 unspecified atom stereocenters. The molecule has 3 rings (SSSR count). The Hall–Kier alpha value is -2.07. The van der Waals surface area contributed by atoms with Crippen LogP contribution in [0.1, 0.15) is 40.3 Å². The topological polar surface area (TPSA) is 36.7 Å². The Bertz CT molecular complexity index is 708. The van der Waals surface area contributed by atoms with E-state index in [1.165, 1.54) is 5.56 Å². The van der Waals surface area contributed by atoms with Crippen LogP contribution in [0.4, 0.5) is 0 Å². The number of likely N-dealkylation sites (N-methyl/N-ethyl adjacent to an activating group) is 1. The van der Waals surface area contributed by atoms with Crippen LogP contribution in [0.15, 0.2) is 40.8 Å². The van der Waals surface area contributed by atoms with Gasteiger partial charge < -0.3 is 14.2 Å². The third-order valence-corrected chi connectivity index (χ3v) is 5.14. The highest BCUT2D eigenvalue weighted by Gasteiger charge is 2.28. The maximum atomic E-state index is 12.8. The largest absolute Gasteiger partial charge is 0.456 e. The summed E-state index contributed by atoms with van der Waals surface area (Å²) in [5.41, 5.74) is 2.29. The van der Waals surface area contributed by atoms with E-state index in [-0.39, 0.29) is 11.9 Å². The molecule has 1 aliphatic rings. The lowest BCUT2D eigenvalue weighted by Crippen LogP contribution is -2.49. The standard InChI is InChI=1S/C21H28N2O2/c1-16-14-17(2)25-20(16)21(24)22(3)19-10-7-12-23(15-19)13-11-18-8-5-4-6-9-18/h4-6,8-9,14,19H,7,10-13,15H2,1-3H3/t19-/m1/s1. The Morgan fingerprint density at radius 2 is 2.04 bits per heavy atom. The van der Waals surface area contributed by atoms with Crippen LogP contribution >= 0.6 is 0 Å². The van der Waals surface area contributed by atoms with Crippen LogP contribution < -0.4 is 0 Å². The zero-order valence-corrected chi connectivity index (χ0v) is 15.5. The van der Waals surface area contributed by atoms with E-state index in [9.17, 15) is 4.79 Å². The molecule has 0 saturated carbocycles. The van der Waals surface area contributed by atoms with E-state index in [4.69, 9.17) is 4.42 Å². The van der Waals surface area contributed by atoms with Crippen molar-refractivity contribution in [2.45, 2.75) is 39.2 Å². The number of amides is 1. The van der Waals surface area contributed by atoms with Gasteiger partial charge in [-0.05, 0) is 51.3 Å². The second-order valence-corrected chi connectivity index (χ2v) is 7.12. The van der Waals surface area contributed by atoms with Crippen molar-refractivity contribution in [1.82, 2.24) is 9.80 Å². The molecule has 1 aromatic heterocycles. The van der Waals surface area contributed by atoms with E-state index in [0.29, 0.717) is 5.76 Å². The van der Waals surface area contributed by atoms with Crippen molar-refractivity contribution in [2.24, 2.45) is 0 Å². The van der Waals surface area contributed by atoms with Crippen LogP contribution in [0.5, 0.6) is 0 Å². The summed E-state index contributed by atoms with van der Waals surface area (Å²) in [7, 11) is 1.91. The molecule has 4 nitrogen and oxygen atoms in total. The Labute approximate surface area is 150 Å². The maximum Gasteiger partial charge on any atom is 0.289 e. The summed E-state index contributed by atoms with van der Waals surface area (Å²) in [5, 5.41) is 0. The van der Waals surface area contributed by atoms with Crippen molar-refractivity contribution in [2.75, 3.05) is 26.7 Å². The molecule has 2 heterocycles. The van der Waals surface area contributed by atoms with Gasteiger partial charge in [-0.15, -0.1) is 0 Å². The van der Waals surface area contributed by atoms with Crippen molar-refractivity contribution >= 4 is 5.91 Å². The zero-order chi connectivity index (χ0) is 17.8. The number of furan rings is 1. The molecule has 1 aliphatic heterocycles. The predicted molar refractivity (Wildman–Crippen MR) is 99.9 cm³/mol. The van der Waals surface area contributed by atoms with Gasteiger partial charge in [0, 0.05) is 31.7 Å². The fourth-order valence-corrected chi connectivity index (χ4v) is 3.66. The van der Waals surface area contributed by atoms with E-state index in [0.717, 1.165) is 50.2 Å². The predicted octanol–water partition coefficient (Wildman–Crippen LogP) is 3.68. The fourth-order valence-electron chi connectivity index (χ4n) is 3.66. The number of nitrogens with zero attached hydrogens (tertiary/aromatic N) is 2. The number of hydrogen-bond donors (Lipinski definition) is 0. The number of hydrogen-bond acceptors (Lipinski definition) is 3. The molecule has 0 aliphatic carbocycles. The first kappa shape index (κ1) is 17.7. The number of piperidine rings is 1. The third-order valence-electron chi connectivity index (χ3n) is 5.14. The summed E-state index contributed by atoms with van der Waals surface area (Å²) < 4.78 is 5.62. The molecule has 25 heavy (non-hydrogen) atoms. The molecule has 4 heteroatoms. The SMILES string of the molecule is Cc1cc(C)c(C(=O)N(C)[C@@H]2CCCN(CCc3ccccc3)C2)o1. The van der Waals surface area contributed by atoms with Gasteiger partial charge in [-0.3, -0.25) is 4.79 Å². The quantitative estimate of drug-likeness (QED) is 0.833. The molecule has 1 atom stereocenters. The Morgan fingerprint density at radius 3 is 2.72 bits per heavy atom. The maximum absolute atomic E-state index is 12.8. The van der Waals surface area contributed by atoms with Gasteiger partial charge in [-0.2, -0.15) is 0 Å². The summed E-state index contributed by atoms with van der Waals surface area (Å²) in [4.78, 5) is 17.1. The van der Waals surface area contributed by atoms with Gasteiger partial charge >= 0.3 is 0 Å². The first-order valence-corrected chi connectivity index (χ1v) is 9.15. The Morgan fingerprint density at radius 1 is 1.28 bits per heavy atom. The van der Waals surface area contributed by atoms with Gasteiger partial charge in [0.1, 0.15) is 5.76 Å². The van der Waals surface area contributed by atoms with Crippen LogP contribution in [0.3, 0.4) is 0 Å². The lowest BCUT2D eigenvalue weighted by Gasteiger charge is -2.37. The van der Waals surface area contributed by atoms with E-state index >= 15 is 0 Å². The minimum Gasteiger partial charge on any atom is -0.456 e. The van der Waals surface area contributed by atoms with Crippen molar-refractivity contribution in [3.63, 3.8) is 0 Å². The molecule has 0 N–H and O–H groups in total. The number of aryl methyl sites for hydroxylation is 2. The van der Waals surface area contributed by atoms with Crippen LogP contribution in [-0.4, -0.2) is 48.4 Å². The lowest BCUT2D eigenvalue weighted by molar-refractivity contribution is 0.0587. The number of carbonyl (C=O) groups is 1. The first-order valence-electron chi connectivity index (χ1n) is 9.15. The zero-order valence-electron chi connectivity index (χ0n) is 15.5. The monoisotopic (exact) mass is 340 g/mol. The molecule has 1 saturated heterocycles. The van der Waals surface area contributed by atoms with Crippen molar-refractivity contribution in [1.29, 1.82) is 0 Å². The minimum atomic E-state index is 0.000472. The van der Waals surface area contributed by atoms with Crippen molar-refractivity contribution in [3.8, 4) is 0 Å². The number of benzene rings is 1. The number of likely N-dealkylation sites (tertiary alicyclic amines) is 1. The number of rotatable bonds is 5. The highest BCUT2D eigenvalue weighted by molar-refractivity contribution is 5.93. The van der Waals surface area contributed by atoms with Crippen LogP contribution in [0.2, 0.25) is 0 Å². The number of carbonyl (C=O) groups excluding carboxylic acids is 1. The van der Waals surface area contributed by atoms with Gasteiger partial charge in [0.15, 0.2) is 5.76 Å². The highest BCUT2D eigenvalue weighted by atomic mass is 16.4.